The maximum atomic E-state index is 14.6. The van der Waals surface area contributed by atoms with Crippen LogP contribution < -0.4 is 4.90 Å². The van der Waals surface area contributed by atoms with E-state index in [0.29, 0.717) is 0 Å². The number of oxime groups is 1. The Hall–Kier alpha value is -2.69. The Bertz CT molecular complexity index is 1130. The molecule has 9 nitrogen and oxygen atoms in total. The Morgan fingerprint density at radius 3 is 2.57 bits per heavy atom. The molecule has 1 amide bonds. The average Bonchev–Trinajstić information content (AvgIpc) is 3.15. The van der Waals surface area contributed by atoms with Gasteiger partial charge in [-0.05, 0) is 40.7 Å². The van der Waals surface area contributed by atoms with Crippen LogP contribution >= 0.6 is 0 Å². The quantitative estimate of drug-likeness (QED) is 0.713. The number of carbonyl (C=O) groups excluding carboxylic acids is 1. The van der Waals surface area contributed by atoms with E-state index in [2.05, 4.69) is 10.3 Å². The minimum Gasteiger partial charge on any atom is -0.443 e. The third-order valence-electron chi connectivity index (χ3n) is 4.30. The molecule has 0 bridgehead atoms. The number of carbonyl (C=O) groups is 1. The number of amides is 1. The first kappa shape index (κ1) is 22.0. The van der Waals surface area contributed by atoms with E-state index in [-0.39, 0.29) is 33.8 Å². The molecule has 0 radical (unpaired) electrons. The zero-order valence-electron chi connectivity index (χ0n) is 17.6. The lowest BCUT2D eigenvalue weighted by Crippen LogP contribution is -2.34. The normalized spacial score (nSPS) is 16.3. The van der Waals surface area contributed by atoms with Gasteiger partial charge in [0.1, 0.15) is 22.6 Å². The molecule has 30 heavy (non-hydrogen) atoms. The van der Waals surface area contributed by atoms with E-state index in [0.717, 1.165) is 11.0 Å². The summed E-state index contributed by atoms with van der Waals surface area (Å²) in [6.07, 6.45) is -0.627. The fraction of sp³-hybridized carbons (Fsp3) is 0.526. The lowest BCUT2D eigenvalue weighted by Gasteiger charge is -2.24. The largest absolute Gasteiger partial charge is 0.443 e. The summed E-state index contributed by atoms with van der Waals surface area (Å²) >= 11 is 0. The van der Waals surface area contributed by atoms with E-state index in [9.17, 15) is 17.6 Å². The minimum absolute atomic E-state index is 0.0592. The molecule has 1 aliphatic rings. The molecule has 0 unspecified atom stereocenters. The summed E-state index contributed by atoms with van der Waals surface area (Å²) in [7, 11) is -2.47. The van der Waals surface area contributed by atoms with Gasteiger partial charge < -0.3 is 14.1 Å². The van der Waals surface area contributed by atoms with E-state index in [1.54, 1.807) is 34.6 Å². The van der Waals surface area contributed by atoms with Crippen molar-refractivity contribution in [3.8, 4) is 0 Å². The van der Waals surface area contributed by atoms with Gasteiger partial charge in [-0.25, -0.2) is 17.6 Å². The van der Waals surface area contributed by atoms with Crippen LogP contribution in [0.2, 0.25) is 0 Å². The van der Waals surface area contributed by atoms with Crippen molar-refractivity contribution in [2.45, 2.75) is 58.0 Å². The van der Waals surface area contributed by atoms with Gasteiger partial charge in [-0.2, -0.15) is 0 Å². The van der Waals surface area contributed by atoms with Crippen LogP contribution in [0.15, 0.2) is 21.8 Å². The van der Waals surface area contributed by atoms with Crippen LogP contribution in [0.5, 0.6) is 0 Å². The predicted octanol–water partition coefficient (Wildman–Crippen LogP) is 3.77. The fourth-order valence-electron chi connectivity index (χ4n) is 2.82. The summed E-state index contributed by atoms with van der Waals surface area (Å²) in [6, 6.07) is 2.36. The molecule has 0 aliphatic carbocycles. The van der Waals surface area contributed by atoms with Crippen molar-refractivity contribution in [2.75, 3.05) is 11.9 Å². The van der Waals surface area contributed by atoms with Gasteiger partial charge in [-0.3, -0.25) is 4.90 Å². The highest BCUT2D eigenvalue weighted by atomic mass is 32.2. The van der Waals surface area contributed by atoms with Crippen LogP contribution in [0.4, 0.5) is 14.9 Å². The lowest BCUT2D eigenvalue weighted by atomic mass is 10.1. The van der Waals surface area contributed by atoms with Crippen LogP contribution in [0, 0.1) is 5.82 Å². The van der Waals surface area contributed by atoms with E-state index in [1.165, 1.54) is 13.1 Å². The highest BCUT2D eigenvalue weighted by Gasteiger charge is 2.37. The maximum Gasteiger partial charge on any atom is 0.414 e. The number of ether oxygens (including phenoxy) is 1. The van der Waals surface area contributed by atoms with Gasteiger partial charge >= 0.3 is 6.09 Å². The second-order valence-corrected chi connectivity index (χ2v) is 10.7. The van der Waals surface area contributed by atoms with Crippen LogP contribution in [-0.4, -0.2) is 43.0 Å². The standard InChI is InChI=1S/C19H24FN3O6S/c1-18(2,3)27-17(24)23(6)14-7-11-13(21-28-15(11)8-12(14)20)10-30(25,26)16-9-19(4,5)29-22-16/h7-8H,9-10H2,1-6H3. The van der Waals surface area contributed by atoms with Gasteiger partial charge in [-0.15, -0.1) is 0 Å². The average molecular weight is 441 g/mol. The first-order chi connectivity index (χ1) is 13.7. The highest BCUT2D eigenvalue weighted by molar-refractivity contribution is 8.05. The van der Waals surface area contributed by atoms with Gasteiger partial charge in [0.15, 0.2) is 16.4 Å². The van der Waals surface area contributed by atoms with E-state index >= 15 is 0 Å². The number of anilines is 1. The van der Waals surface area contributed by atoms with Gasteiger partial charge in [-0.1, -0.05) is 10.3 Å². The lowest BCUT2D eigenvalue weighted by molar-refractivity contribution is 0.0123. The molecular formula is C19H24FN3O6S. The summed E-state index contributed by atoms with van der Waals surface area (Å²) in [6.45, 7) is 8.53. The Morgan fingerprint density at radius 1 is 1.33 bits per heavy atom. The van der Waals surface area contributed by atoms with Crippen molar-refractivity contribution in [1.29, 1.82) is 0 Å². The number of halogens is 1. The Kier molecular flexibility index (Phi) is 5.30. The van der Waals surface area contributed by atoms with Crippen LogP contribution in [-0.2, 0) is 25.2 Å². The first-order valence-corrected chi connectivity index (χ1v) is 10.9. The van der Waals surface area contributed by atoms with Gasteiger partial charge in [0.05, 0.1) is 5.69 Å². The molecule has 164 valence electrons. The summed E-state index contributed by atoms with van der Waals surface area (Å²) in [5.41, 5.74) is -1.43. The van der Waals surface area contributed by atoms with Crippen LogP contribution in [0.3, 0.4) is 0 Å². The van der Waals surface area contributed by atoms with Crippen LogP contribution in [0.1, 0.15) is 46.7 Å². The smallest absolute Gasteiger partial charge is 0.414 e. The minimum atomic E-state index is -3.83. The Balaban J connectivity index is 1.93. The zero-order chi connectivity index (χ0) is 22.5. The molecule has 3 rings (SSSR count). The van der Waals surface area contributed by atoms with Gasteiger partial charge in [0, 0.05) is 24.9 Å². The molecular weight excluding hydrogens is 417 g/mol. The second kappa shape index (κ2) is 7.22. The third kappa shape index (κ3) is 4.55. The van der Waals surface area contributed by atoms with Crippen molar-refractivity contribution in [3.63, 3.8) is 0 Å². The molecule has 0 saturated carbocycles. The molecule has 0 N–H and O–H groups in total. The Labute approximate surface area is 173 Å². The molecule has 11 heteroatoms. The predicted molar refractivity (Wildman–Crippen MR) is 108 cm³/mol. The van der Waals surface area contributed by atoms with Crippen molar-refractivity contribution in [3.05, 3.63) is 23.6 Å². The monoisotopic (exact) mass is 441 g/mol. The molecule has 0 saturated heterocycles. The molecule has 1 aromatic heterocycles. The fourth-order valence-corrected chi connectivity index (χ4v) is 4.27. The molecule has 2 aromatic rings. The van der Waals surface area contributed by atoms with Gasteiger partial charge in [0.2, 0.25) is 9.84 Å². The second-order valence-electron chi connectivity index (χ2n) is 8.74. The zero-order valence-corrected chi connectivity index (χ0v) is 18.5. The van der Waals surface area contributed by atoms with E-state index < -0.39 is 38.7 Å². The van der Waals surface area contributed by atoms with E-state index in [4.69, 9.17) is 14.1 Å². The molecule has 0 fully saturated rings. The number of hydrogen-bond donors (Lipinski definition) is 0. The number of aromatic nitrogens is 1. The summed E-state index contributed by atoms with van der Waals surface area (Å²) in [4.78, 5) is 18.4. The molecule has 2 heterocycles. The summed E-state index contributed by atoms with van der Waals surface area (Å²) in [5, 5.41) is 7.64. The number of fused-ring (bicyclic) bond motifs is 1. The molecule has 0 spiro atoms. The number of rotatable bonds is 3. The number of benzene rings is 1. The topological polar surface area (TPSA) is 111 Å². The number of nitrogens with zero attached hydrogens (tertiary/aromatic N) is 3. The molecule has 0 atom stereocenters. The SMILES string of the molecule is CN(C(=O)OC(C)(C)C)c1cc2c(CS(=O)(=O)C3=NOC(C)(C)C3)noc2cc1F. The third-order valence-corrected chi connectivity index (χ3v) is 5.89. The van der Waals surface area contributed by atoms with Crippen molar-refractivity contribution < 1.29 is 31.7 Å². The van der Waals surface area contributed by atoms with E-state index in [1.807, 2.05) is 0 Å². The Morgan fingerprint density at radius 2 is 2.00 bits per heavy atom. The van der Waals surface area contributed by atoms with Crippen molar-refractivity contribution >= 4 is 37.6 Å². The first-order valence-electron chi connectivity index (χ1n) is 9.21. The van der Waals surface area contributed by atoms with Crippen LogP contribution in [0.25, 0.3) is 11.0 Å². The van der Waals surface area contributed by atoms with Gasteiger partial charge in [0.25, 0.3) is 0 Å². The maximum absolute atomic E-state index is 14.6. The number of sulfone groups is 1. The number of hydrogen-bond acceptors (Lipinski definition) is 8. The van der Waals surface area contributed by atoms with Crippen molar-refractivity contribution in [1.82, 2.24) is 5.16 Å². The summed E-state index contributed by atoms with van der Waals surface area (Å²) in [5.74, 6) is -1.24. The molecule has 1 aromatic carbocycles. The summed E-state index contributed by atoms with van der Waals surface area (Å²) < 4.78 is 50.4. The highest BCUT2D eigenvalue weighted by Crippen LogP contribution is 2.31. The molecule has 1 aliphatic heterocycles. The van der Waals surface area contributed by atoms with Crippen molar-refractivity contribution in [2.24, 2.45) is 5.16 Å².